The zero-order chi connectivity index (χ0) is 58.7. The SMILES string of the molecule is CC[C@H](C)[C@@H]1NC(=O)[C@H](CC(C)C)NC(=O)[C@@H](NC(=O)[C@@H]2CCC(=O)N2)[C@H](C(C)C)c2ccc3c4c([nH]c3c2)-n2cnc(c2)C[C@@H](C(=O)N[C@@H](CC(=O)O)C(=O)O)NC(=O)CNC(=O)[C@H](CCCN=C(N)N)NC(=O)[C@H](C4)NC1=O. The first-order valence-corrected chi connectivity index (χ1v) is 26.7. The minimum Gasteiger partial charge on any atom is -0.481 e. The second kappa shape index (κ2) is 26.8. The molecule has 28 nitrogen and oxygen atoms in total. The van der Waals surface area contributed by atoms with Crippen LogP contribution in [-0.2, 0) is 65.6 Å². The molecular weight excluding hydrogens is 1040 g/mol. The third-order valence-electron chi connectivity index (χ3n) is 14.4. The van der Waals surface area contributed by atoms with Gasteiger partial charge in [-0.15, -0.1) is 0 Å². The number of fused-ring (bicyclic) bond motifs is 13. The zero-order valence-corrected chi connectivity index (χ0v) is 45.5. The zero-order valence-electron chi connectivity index (χ0n) is 45.5. The minimum absolute atomic E-state index is 0.0180. The number of rotatable bonds is 16. The number of amides is 9. The molecule has 4 aliphatic rings. The highest BCUT2D eigenvalue weighted by molar-refractivity contribution is 6.00. The Balaban J connectivity index is 1.58. The molecule has 7 rings (SSSR count). The highest BCUT2D eigenvalue weighted by atomic mass is 16.4. The Morgan fingerprint density at radius 3 is 2.17 bits per heavy atom. The van der Waals surface area contributed by atoms with Crippen LogP contribution in [0.15, 0.2) is 35.7 Å². The van der Waals surface area contributed by atoms with Crippen LogP contribution in [-0.4, -0.2) is 157 Å². The molecule has 9 amide bonds. The van der Waals surface area contributed by atoms with Crippen molar-refractivity contribution in [2.45, 2.75) is 154 Å². The topological polar surface area (TPSA) is 435 Å². The number of aromatic amines is 1. The summed E-state index contributed by atoms with van der Waals surface area (Å²) >= 11 is 0. The summed E-state index contributed by atoms with van der Waals surface area (Å²) in [6.45, 7) is 10.2. The van der Waals surface area contributed by atoms with Crippen molar-refractivity contribution in [3.63, 3.8) is 0 Å². The van der Waals surface area contributed by atoms with E-state index in [1.54, 1.807) is 32.0 Å². The number of benzene rings is 1. The maximum absolute atomic E-state index is 15.0. The third-order valence-corrected chi connectivity index (χ3v) is 14.4. The van der Waals surface area contributed by atoms with E-state index in [1.165, 1.54) is 17.1 Å². The normalized spacial score (nSPS) is 24.1. The Hall–Kier alpha value is -8.59. The number of nitrogens with zero attached hydrogens (tertiary/aromatic N) is 3. The second-order valence-electron chi connectivity index (χ2n) is 21.3. The van der Waals surface area contributed by atoms with Crippen LogP contribution >= 0.6 is 0 Å². The number of carbonyl (C=O) groups excluding carboxylic acids is 9. The average molecular weight is 1120 g/mol. The predicted molar refractivity (Wildman–Crippen MR) is 287 cm³/mol. The van der Waals surface area contributed by atoms with Crippen LogP contribution in [0.25, 0.3) is 16.7 Å². The molecule has 434 valence electrons. The molecule has 80 heavy (non-hydrogen) atoms. The third kappa shape index (κ3) is 15.6. The van der Waals surface area contributed by atoms with Gasteiger partial charge in [0.2, 0.25) is 53.2 Å². The number of imidazole rings is 1. The molecule has 10 atom stereocenters. The number of aromatic nitrogens is 3. The summed E-state index contributed by atoms with van der Waals surface area (Å²) in [4.78, 5) is 163. The summed E-state index contributed by atoms with van der Waals surface area (Å²) < 4.78 is 1.51. The molecule has 7 bridgehead atoms. The van der Waals surface area contributed by atoms with E-state index >= 15 is 4.79 Å². The van der Waals surface area contributed by atoms with E-state index in [0.29, 0.717) is 28.5 Å². The molecule has 1 aromatic carbocycles. The van der Waals surface area contributed by atoms with Gasteiger partial charge in [0.1, 0.15) is 60.5 Å². The van der Waals surface area contributed by atoms with Gasteiger partial charge >= 0.3 is 11.9 Å². The Kier molecular flexibility index (Phi) is 20.3. The Morgan fingerprint density at radius 2 is 1.54 bits per heavy atom. The van der Waals surface area contributed by atoms with Crippen molar-refractivity contribution < 1.29 is 63.0 Å². The number of H-pyrrole nitrogens is 1. The molecule has 28 heteroatoms. The molecule has 16 N–H and O–H groups in total. The predicted octanol–water partition coefficient (Wildman–Crippen LogP) is -2.30. The second-order valence-corrected chi connectivity index (χ2v) is 21.3. The van der Waals surface area contributed by atoms with Gasteiger partial charge in [-0.3, -0.25) is 57.5 Å². The van der Waals surface area contributed by atoms with Crippen molar-refractivity contribution in [1.29, 1.82) is 0 Å². The molecule has 4 aliphatic heterocycles. The van der Waals surface area contributed by atoms with Gasteiger partial charge in [0.15, 0.2) is 5.96 Å². The summed E-state index contributed by atoms with van der Waals surface area (Å²) in [5, 5.41) is 43.6. The maximum Gasteiger partial charge on any atom is 0.326 e. The number of hydrogen-bond acceptors (Lipinski definition) is 13. The summed E-state index contributed by atoms with van der Waals surface area (Å²) in [5.41, 5.74) is 12.6. The van der Waals surface area contributed by atoms with Gasteiger partial charge in [-0.1, -0.05) is 60.1 Å². The summed E-state index contributed by atoms with van der Waals surface area (Å²) in [7, 11) is 0. The minimum atomic E-state index is -1.90. The number of guanidine groups is 1. The van der Waals surface area contributed by atoms with Gasteiger partial charge < -0.3 is 74.5 Å². The lowest BCUT2D eigenvalue weighted by molar-refractivity contribution is -0.147. The molecule has 0 aliphatic carbocycles. The lowest BCUT2D eigenvalue weighted by atomic mass is 9.81. The molecular formula is C52H73N15O13. The van der Waals surface area contributed by atoms with E-state index < -0.39 is 139 Å². The molecule has 3 aromatic rings. The highest BCUT2D eigenvalue weighted by Gasteiger charge is 2.41. The van der Waals surface area contributed by atoms with Gasteiger partial charge in [0.25, 0.3) is 0 Å². The number of carboxylic acids is 2. The van der Waals surface area contributed by atoms with Crippen molar-refractivity contribution in [3.05, 3.63) is 47.5 Å². The fraction of sp³-hybridized carbons (Fsp3) is 0.558. The highest BCUT2D eigenvalue weighted by Crippen LogP contribution is 2.35. The standard InChI is InChI=1S/C52H73N15O13/c1-7-25(6)41-49(77)63-35-18-29-28-11-10-26(40(24(4)5)42(66-45(73)31-12-13-37(68)58-31)50(78)62-33(15-23(2)3)48(76)65-41)16-32(28)60-43(29)67-21-27(57-22-67)17-34(46(74)64-36(51(79)80)19-39(70)71)59-38(69)20-56-44(72)30(61-47(35)75)9-8-14-55-52(53)54/h10-11,16,21-25,30-31,33-36,40-42,60H,7-9,12-15,17-20H2,1-6H3,(H,56,72)(H,58,68)(H,59,69)(H,61,75)(H,62,78)(H,63,77)(H,64,74)(H,65,76)(H,66,73)(H,70,71)(H,79,80)(H4,53,54,55)/t25-,30-,31-,33-,34-,35-,36-,40+,41-,42-/m0/s1. The molecule has 0 saturated carbocycles. The lowest BCUT2D eigenvalue weighted by Gasteiger charge is -2.33. The molecule has 0 spiro atoms. The molecule has 0 radical (unpaired) electrons. The van der Waals surface area contributed by atoms with Gasteiger partial charge in [-0.05, 0) is 55.1 Å². The number of carboxylic acid groups (broad SMARTS) is 2. The van der Waals surface area contributed by atoms with Gasteiger partial charge in [-0.25, -0.2) is 9.78 Å². The Morgan fingerprint density at radius 1 is 0.825 bits per heavy atom. The Labute approximate surface area is 460 Å². The van der Waals surface area contributed by atoms with Crippen molar-refractivity contribution in [2.75, 3.05) is 13.1 Å². The van der Waals surface area contributed by atoms with E-state index in [1.807, 2.05) is 27.7 Å². The summed E-state index contributed by atoms with van der Waals surface area (Å²) in [6, 6.07) is -6.00. The van der Waals surface area contributed by atoms with E-state index in [9.17, 15) is 58.2 Å². The van der Waals surface area contributed by atoms with Crippen LogP contribution in [0.1, 0.15) is 109 Å². The lowest BCUT2D eigenvalue weighted by Crippen LogP contribution is -2.61. The van der Waals surface area contributed by atoms with Gasteiger partial charge in [-0.2, -0.15) is 0 Å². The average Bonchev–Trinajstić information content (AvgIpc) is 4.16. The van der Waals surface area contributed by atoms with Crippen LogP contribution in [0.2, 0.25) is 0 Å². The summed E-state index contributed by atoms with van der Waals surface area (Å²) in [5.74, 6) is -12.0. The van der Waals surface area contributed by atoms with E-state index in [0.717, 1.165) is 0 Å². The van der Waals surface area contributed by atoms with Crippen LogP contribution in [0.4, 0.5) is 0 Å². The van der Waals surface area contributed by atoms with Crippen molar-refractivity contribution in [1.82, 2.24) is 62.4 Å². The van der Waals surface area contributed by atoms with E-state index in [2.05, 4.69) is 62.8 Å². The Bertz CT molecular complexity index is 2890. The van der Waals surface area contributed by atoms with Gasteiger partial charge in [0.05, 0.1) is 18.7 Å². The molecule has 1 fully saturated rings. The summed E-state index contributed by atoms with van der Waals surface area (Å²) in [6.07, 6.45) is 1.90. The number of aliphatic carboxylic acids is 2. The molecule has 1 saturated heterocycles. The molecule has 2 aromatic heterocycles. The van der Waals surface area contributed by atoms with Crippen LogP contribution < -0.4 is 59.3 Å². The maximum atomic E-state index is 15.0. The van der Waals surface area contributed by atoms with E-state index in [-0.39, 0.29) is 80.3 Å². The number of aliphatic imine (C=N–C) groups is 1. The van der Waals surface area contributed by atoms with Crippen LogP contribution in [0.5, 0.6) is 0 Å². The fourth-order valence-corrected chi connectivity index (χ4v) is 10.1. The van der Waals surface area contributed by atoms with Crippen molar-refractivity contribution in [2.24, 2.45) is 34.2 Å². The first-order chi connectivity index (χ1) is 37.8. The number of nitrogens with one attached hydrogen (secondary N) is 10. The van der Waals surface area contributed by atoms with E-state index in [4.69, 9.17) is 11.5 Å². The molecule has 6 heterocycles. The van der Waals surface area contributed by atoms with Gasteiger partial charge in [0, 0.05) is 54.4 Å². The first kappa shape index (κ1) is 60.6. The van der Waals surface area contributed by atoms with Crippen LogP contribution in [0.3, 0.4) is 0 Å². The van der Waals surface area contributed by atoms with Crippen molar-refractivity contribution in [3.8, 4) is 5.82 Å². The quantitative estimate of drug-likeness (QED) is 0.0310. The largest absolute Gasteiger partial charge is 0.481 e. The fourth-order valence-electron chi connectivity index (χ4n) is 10.1. The smallest absolute Gasteiger partial charge is 0.326 e. The van der Waals surface area contributed by atoms with Crippen LogP contribution in [0, 0.1) is 17.8 Å². The monoisotopic (exact) mass is 1120 g/mol. The first-order valence-electron chi connectivity index (χ1n) is 26.7. The van der Waals surface area contributed by atoms with Crippen molar-refractivity contribution >= 4 is 82.0 Å². The number of hydrogen-bond donors (Lipinski definition) is 14. The number of nitrogens with two attached hydrogens (primary N) is 2. The molecule has 0 unspecified atom stereocenters. The number of carbonyl (C=O) groups is 11.